The minimum absolute atomic E-state index is 0.00296. The fraction of sp³-hybridized carbons (Fsp3) is 0.280. The first-order chi connectivity index (χ1) is 15.9. The molecule has 0 radical (unpaired) electrons. The van der Waals surface area contributed by atoms with Crippen molar-refractivity contribution in [1.29, 1.82) is 0 Å². The number of aromatic nitrogens is 3. The van der Waals surface area contributed by atoms with E-state index in [2.05, 4.69) is 10.1 Å². The lowest BCUT2D eigenvalue weighted by Crippen LogP contribution is -2.51. The number of fused-ring (bicyclic) bond motifs is 2. The second kappa shape index (κ2) is 8.20. The number of nitrogens with one attached hydrogen (secondary N) is 1. The van der Waals surface area contributed by atoms with Gasteiger partial charge in [-0.2, -0.15) is 0 Å². The summed E-state index contributed by atoms with van der Waals surface area (Å²) in [6.45, 7) is 5.70. The molecule has 3 heterocycles. The molecule has 8 heteroatoms. The van der Waals surface area contributed by atoms with Crippen LogP contribution >= 0.6 is 0 Å². The Morgan fingerprint density at radius 1 is 0.970 bits per heavy atom. The quantitative estimate of drug-likeness (QED) is 0.526. The number of aromatic amines is 1. The molecule has 0 aliphatic carbocycles. The van der Waals surface area contributed by atoms with E-state index in [9.17, 15) is 14.4 Å². The van der Waals surface area contributed by atoms with Crippen LogP contribution in [-0.4, -0.2) is 62.4 Å². The number of aryl methyl sites for hydroxylation is 2. The fourth-order valence-electron chi connectivity index (χ4n) is 4.62. The van der Waals surface area contributed by atoms with Crippen molar-refractivity contribution in [3.05, 3.63) is 81.4 Å². The van der Waals surface area contributed by atoms with E-state index in [0.717, 1.165) is 27.7 Å². The van der Waals surface area contributed by atoms with Crippen LogP contribution in [0.3, 0.4) is 0 Å². The van der Waals surface area contributed by atoms with Crippen LogP contribution in [0.25, 0.3) is 16.4 Å². The van der Waals surface area contributed by atoms with Gasteiger partial charge < -0.3 is 9.80 Å². The topological polar surface area (TPSA) is 90.8 Å². The molecule has 5 rings (SSSR count). The summed E-state index contributed by atoms with van der Waals surface area (Å²) in [6.07, 6.45) is 0.206. The second-order valence-electron chi connectivity index (χ2n) is 8.45. The van der Waals surface area contributed by atoms with Gasteiger partial charge in [-0.25, -0.2) is 9.50 Å². The average molecular weight is 444 g/mol. The van der Waals surface area contributed by atoms with Crippen molar-refractivity contribution in [2.24, 2.45) is 0 Å². The van der Waals surface area contributed by atoms with Crippen molar-refractivity contribution in [2.75, 3.05) is 26.2 Å². The van der Waals surface area contributed by atoms with Gasteiger partial charge >= 0.3 is 0 Å². The first-order valence-corrected chi connectivity index (χ1v) is 11.0. The third kappa shape index (κ3) is 3.77. The maximum absolute atomic E-state index is 13.2. The SMILES string of the molecule is Cc1nc2cc(=O)[nH]n2c(C)c1CC(=O)N1CCN(C(=O)c2cccc3ccccc23)CC1. The molecular weight excluding hydrogens is 418 g/mol. The number of piperazine rings is 1. The maximum atomic E-state index is 13.2. The molecular formula is C25H25N5O3. The summed E-state index contributed by atoms with van der Waals surface area (Å²) in [5, 5.41) is 4.71. The second-order valence-corrected chi connectivity index (χ2v) is 8.45. The van der Waals surface area contributed by atoms with Gasteiger partial charge in [0, 0.05) is 54.8 Å². The van der Waals surface area contributed by atoms with Crippen molar-refractivity contribution in [3.8, 4) is 0 Å². The molecule has 0 bridgehead atoms. The molecule has 0 unspecified atom stereocenters. The number of rotatable bonds is 3. The number of amides is 2. The smallest absolute Gasteiger partial charge is 0.266 e. The molecule has 0 spiro atoms. The zero-order chi connectivity index (χ0) is 23.1. The summed E-state index contributed by atoms with van der Waals surface area (Å²) in [5.74, 6) is -0.00841. The van der Waals surface area contributed by atoms with Crippen molar-refractivity contribution in [2.45, 2.75) is 20.3 Å². The normalized spacial score (nSPS) is 14.2. The Bertz CT molecular complexity index is 1440. The van der Waals surface area contributed by atoms with Crippen molar-refractivity contribution < 1.29 is 9.59 Å². The summed E-state index contributed by atoms with van der Waals surface area (Å²) >= 11 is 0. The largest absolute Gasteiger partial charge is 0.339 e. The Balaban J connectivity index is 1.28. The highest BCUT2D eigenvalue weighted by atomic mass is 16.2. The highest BCUT2D eigenvalue weighted by Gasteiger charge is 2.26. The number of carbonyl (C=O) groups excluding carboxylic acids is 2. The number of hydrogen-bond donors (Lipinski definition) is 1. The number of benzene rings is 2. The van der Waals surface area contributed by atoms with Crippen LogP contribution in [-0.2, 0) is 11.2 Å². The highest BCUT2D eigenvalue weighted by molar-refractivity contribution is 6.07. The molecule has 4 aromatic rings. The summed E-state index contributed by atoms with van der Waals surface area (Å²) in [7, 11) is 0. The zero-order valence-electron chi connectivity index (χ0n) is 18.7. The van der Waals surface area contributed by atoms with Crippen LogP contribution in [0, 0.1) is 13.8 Å². The predicted molar refractivity (Wildman–Crippen MR) is 125 cm³/mol. The predicted octanol–water partition coefficient (Wildman–Crippen LogP) is 2.32. The fourth-order valence-corrected chi connectivity index (χ4v) is 4.62. The Morgan fingerprint density at radius 3 is 2.45 bits per heavy atom. The van der Waals surface area contributed by atoms with Crippen LogP contribution in [0.4, 0.5) is 0 Å². The van der Waals surface area contributed by atoms with E-state index in [1.54, 1.807) is 9.42 Å². The number of H-pyrrole nitrogens is 1. The van der Waals surface area contributed by atoms with Crippen molar-refractivity contribution in [3.63, 3.8) is 0 Å². The van der Waals surface area contributed by atoms with Gasteiger partial charge in [-0.15, -0.1) is 0 Å². The van der Waals surface area contributed by atoms with Gasteiger partial charge in [0.2, 0.25) is 5.91 Å². The van der Waals surface area contributed by atoms with Gasteiger partial charge in [-0.3, -0.25) is 19.5 Å². The Labute approximate surface area is 190 Å². The summed E-state index contributed by atoms with van der Waals surface area (Å²) in [6, 6.07) is 15.1. The van der Waals surface area contributed by atoms with Gasteiger partial charge in [0.25, 0.3) is 11.5 Å². The first-order valence-electron chi connectivity index (χ1n) is 11.0. The minimum atomic E-state index is -0.222. The Kier molecular flexibility index (Phi) is 5.20. The third-order valence-electron chi connectivity index (χ3n) is 6.47. The minimum Gasteiger partial charge on any atom is -0.339 e. The van der Waals surface area contributed by atoms with Crippen LogP contribution in [0.15, 0.2) is 53.3 Å². The van der Waals surface area contributed by atoms with Gasteiger partial charge in [0.05, 0.1) is 6.42 Å². The van der Waals surface area contributed by atoms with E-state index in [-0.39, 0.29) is 23.8 Å². The van der Waals surface area contributed by atoms with E-state index < -0.39 is 0 Å². The lowest BCUT2D eigenvalue weighted by Gasteiger charge is -2.35. The molecule has 8 nitrogen and oxygen atoms in total. The molecule has 168 valence electrons. The van der Waals surface area contributed by atoms with Crippen LogP contribution < -0.4 is 5.56 Å². The molecule has 33 heavy (non-hydrogen) atoms. The molecule has 2 aromatic heterocycles. The maximum Gasteiger partial charge on any atom is 0.266 e. The molecule has 1 aliphatic rings. The molecule has 1 fully saturated rings. The molecule has 1 aliphatic heterocycles. The molecule has 2 amide bonds. The number of carbonyl (C=O) groups is 2. The molecule has 1 saturated heterocycles. The molecule has 2 aromatic carbocycles. The third-order valence-corrected chi connectivity index (χ3v) is 6.47. The van der Waals surface area contributed by atoms with E-state index in [1.165, 1.54) is 6.07 Å². The monoisotopic (exact) mass is 443 g/mol. The Hall–Kier alpha value is -3.94. The van der Waals surface area contributed by atoms with Gasteiger partial charge in [0.1, 0.15) is 0 Å². The zero-order valence-corrected chi connectivity index (χ0v) is 18.7. The van der Waals surface area contributed by atoms with E-state index in [0.29, 0.717) is 37.4 Å². The Morgan fingerprint density at radius 2 is 1.67 bits per heavy atom. The van der Waals surface area contributed by atoms with Gasteiger partial charge in [-0.1, -0.05) is 36.4 Å². The van der Waals surface area contributed by atoms with Crippen LogP contribution in [0.5, 0.6) is 0 Å². The van der Waals surface area contributed by atoms with Crippen molar-refractivity contribution in [1.82, 2.24) is 24.4 Å². The summed E-state index contributed by atoms with van der Waals surface area (Å²) in [4.78, 5) is 46.0. The standard InChI is InChI=1S/C25H25N5O3/c1-16-21(17(2)30-22(26-16)15-23(31)27-30)14-24(32)28-10-12-29(13-11-28)25(33)20-9-5-7-18-6-3-4-8-19(18)20/h3-9,15H,10-14H2,1-2H3,(H,27,31). The van der Waals surface area contributed by atoms with Gasteiger partial charge in [-0.05, 0) is 30.7 Å². The highest BCUT2D eigenvalue weighted by Crippen LogP contribution is 2.21. The van der Waals surface area contributed by atoms with Gasteiger partial charge in [0.15, 0.2) is 5.65 Å². The lowest BCUT2D eigenvalue weighted by molar-refractivity contribution is -0.131. The average Bonchev–Trinajstić information content (AvgIpc) is 3.21. The van der Waals surface area contributed by atoms with Crippen LogP contribution in [0.1, 0.15) is 27.3 Å². The van der Waals surface area contributed by atoms with Crippen molar-refractivity contribution >= 4 is 28.2 Å². The lowest BCUT2D eigenvalue weighted by atomic mass is 10.0. The van der Waals surface area contributed by atoms with E-state index >= 15 is 0 Å². The summed E-state index contributed by atoms with van der Waals surface area (Å²) < 4.78 is 1.62. The van der Waals surface area contributed by atoms with E-state index in [4.69, 9.17) is 0 Å². The van der Waals surface area contributed by atoms with E-state index in [1.807, 2.05) is 61.2 Å². The number of hydrogen-bond acceptors (Lipinski definition) is 4. The number of nitrogens with zero attached hydrogens (tertiary/aromatic N) is 4. The first kappa shape index (κ1) is 20.9. The summed E-state index contributed by atoms with van der Waals surface area (Å²) in [5.41, 5.74) is 3.38. The van der Waals surface area contributed by atoms with Crippen LogP contribution in [0.2, 0.25) is 0 Å². The molecule has 0 atom stereocenters. The molecule has 1 N–H and O–H groups in total. The molecule has 0 saturated carbocycles.